The van der Waals surface area contributed by atoms with Crippen LogP contribution in [0, 0.1) is 6.92 Å². The number of ether oxygens (including phenoxy) is 2. The van der Waals surface area contributed by atoms with Gasteiger partial charge < -0.3 is 19.5 Å². The number of pyridine rings is 1. The fourth-order valence-electron chi connectivity index (χ4n) is 4.17. The summed E-state index contributed by atoms with van der Waals surface area (Å²) in [5, 5.41) is 11.3. The van der Waals surface area contributed by atoms with Crippen LogP contribution < -0.4 is 9.47 Å². The van der Waals surface area contributed by atoms with Gasteiger partial charge in [-0.15, -0.1) is 0 Å². The van der Waals surface area contributed by atoms with Crippen LogP contribution in [0.5, 0.6) is 11.5 Å². The first-order valence-corrected chi connectivity index (χ1v) is 11.7. The highest BCUT2D eigenvalue weighted by atomic mass is 16.5. The zero-order valence-electron chi connectivity index (χ0n) is 20.3. The molecule has 2 aromatic carbocycles. The summed E-state index contributed by atoms with van der Waals surface area (Å²) in [5.74, 6) is -0.653. The van der Waals surface area contributed by atoms with Gasteiger partial charge in [0.15, 0.2) is 11.5 Å². The number of aliphatic hydroxyl groups is 1. The number of amides is 1. The quantitative estimate of drug-likeness (QED) is 0.200. The summed E-state index contributed by atoms with van der Waals surface area (Å²) in [7, 11) is 0. The molecule has 1 aliphatic heterocycles. The van der Waals surface area contributed by atoms with Gasteiger partial charge in [-0.25, -0.2) is 0 Å². The molecule has 0 radical (unpaired) electrons. The van der Waals surface area contributed by atoms with Gasteiger partial charge >= 0.3 is 0 Å². The van der Waals surface area contributed by atoms with Crippen molar-refractivity contribution in [3.63, 3.8) is 0 Å². The summed E-state index contributed by atoms with van der Waals surface area (Å²) in [6.45, 7) is 8.33. The third-order valence-electron chi connectivity index (χ3n) is 5.91. The Kier molecular flexibility index (Phi) is 7.49. The summed E-state index contributed by atoms with van der Waals surface area (Å²) in [4.78, 5) is 32.1. The number of carbonyl (C=O) groups excluding carboxylic acids is 2. The molecule has 1 aromatic heterocycles. The van der Waals surface area contributed by atoms with E-state index >= 15 is 0 Å². The topological polar surface area (TPSA) is 89.0 Å². The highest BCUT2D eigenvalue weighted by Crippen LogP contribution is 2.42. The lowest BCUT2D eigenvalue weighted by atomic mass is 9.94. The van der Waals surface area contributed by atoms with E-state index in [4.69, 9.17) is 9.47 Å². The van der Waals surface area contributed by atoms with E-state index in [1.54, 1.807) is 60.9 Å². The molecular formula is C29H28N2O5. The minimum atomic E-state index is -0.827. The van der Waals surface area contributed by atoms with Gasteiger partial charge in [0.25, 0.3) is 11.7 Å². The molecule has 7 nitrogen and oxygen atoms in total. The number of hydrogen-bond donors (Lipinski definition) is 1. The Morgan fingerprint density at radius 2 is 1.78 bits per heavy atom. The van der Waals surface area contributed by atoms with Crippen LogP contribution in [-0.2, 0) is 16.1 Å². The van der Waals surface area contributed by atoms with Gasteiger partial charge in [0.1, 0.15) is 12.4 Å². The second-order valence-electron chi connectivity index (χ2n) is 8.39. The van der Waals surface area contributed by atoms with Crippen LogP contribution in [0.25, 0.3) is 5.76 Å². The average Bonchev–Trinajstić information content (AvgIpc) is 3.13. The molecule has 1 unspecified atom stereocenters. The lowest BCUT2D eigenvalue weighted by Crippen LogP contribution is -2.29. The standard InChI is InChI=1S/C29H28N2O5/c1-4-16-36-23-11-10-22(17-24(23)35-5-2)26-25(27(32)21-8-6-19(3)7-9-21)28(33)29(34)31(26)18-20-12-14-30-15-13-20/h4,6-15,17,26,32H,1,5,16,18H2,2-3H3/b27-25+. The zero-order valence-corrected chi connectivity index (χ0v) is 20.3. The largest absolute Gasteiger partial charge is 0.507 e. The Morgan fingerprint density at radius 3 is 2.44 bits per heavy atom. The molecule has 2 heterocycles. The van der Waals surface area contributed by atoms with Gasteiger partial charge in [-0.1, -0.05) is 48.6 Å². The number of aryl methyl sites for hydroxylation is 1. The molecule has 0 saturated carbocycles. The molecule has 1 saturated heterocycles. The molecule has 7 heteroatoms. The van der Waals surface area contributed by atoms with E-state index in [-0.39, 0.29) is 17.9 Å². The molecule has 1 atom stereocenters. The van der Waals surface area contributed by atoms with Crippen LogP contribution in [0.3, 0.4) is 0 Å². The van der Waals surface area contributed by atoms with Crippen molar-refractivity contribution < 1.29 is 24.2 Å². The molecule has 0 aliphatic carbocycles. The van der Waals surface area contributed by atoms with E-state index in [0.29, 0.717) is 35.8 Å². The van der Waals surface area contributed by atoms with Crippen LogP contribution in [0.2, 0.25) is 0 Å². The second-order valence-corrected chi connectivity index (χ2v) is 8.39. The van der Waals surface area contributed by atoms with Gasteiger partial charge in [-0.05, 0) is 49.2 Å². The first kappa shape index (κ1) is 24.7. The predicted molar refractivity (Wildman–Crippen MR) is 137 cm³/mol. The number of ketones is 1. The maximum Gasteiger partial charge on any atom is 0.295 e. The Hall–Kier alpha value is -4.39. The number of nitrogens with zero attached hydrogens (tertiary/aromatic N) is 2. The van der Waals surface area contributed by atoms with Gasteiger partial charge in [0, 0.05) is 24.5 Å². The average molecular weight is 485 g/mol. The number of aliphatic hydroxyl groups excluding tert-OH is 1. The van der Waals surface area contributed by atoms with Crippen LogP contribution in [0.4, 0.5) is 0 Å². The molecule has 1 N–H and O–H groups in total. The molecule has 1 fully saturated rings. The molecule has 1 aliphatic rings. The van der Waals surface area contributed by atoms with Crippen molar-refractivity contribution in [1.29, 1.82) is 0 Å². The van der Waals surface area contributed by atoms with E-state index in [1.165, 1.54) is 4.90 Å². The normalized spacial score (nSPS) is 16.7. The van der Waals surface area contributed by atoms with E-state index in [0.717, 1.165) is 11.1 Å². The molecular weight excluding hydrogens is 456 g/mol. The number of likely N-dealkylation sites (tertiary alicyclic amines) is 1. The summed E-state index contributed by atoms with van der Waals surface area (Å²) in [5.41, 5.74) is 2.93. The van der Waals surface area contributed by atoms with E-state index in [2.05, 4.69) is 11.6 Å². The number of benzene rings is 2. The van der Waals surface area contributed by atoms with Crippen molar-refractivity contribution in [2.45, 2.75) is 26.4 Å². The third-order valence-corrected chi connectivity index (χ3v) is 5.91. The SMILES string of the molecule is C=CCOc1ccc(C2/C(=C(\O)c3ccc(C)cc3)C(=O)C(=O)N2Cc2ccncc2)cc1OCC. The molecule has 36 heavy (non-hydrogen) atoms. The number of rotatable bonds is 9. The zero-order chi connectivity index (χ0) is 25.7. The van der Waals surface area contributed by atoms with Crippen molar-refractivity contribution >= 4 is 17.4 Å². The van der Waals surface area contributed by atoms with Crippen molar-refractivity contribution in [3.8, 4) is 11.5 Å². The van der Waals surface area contributed by atoms with E-state index in [9.17, 15) is 14.7 Å². The molecule has 0 spiro atoms. The molecule has 0 bridgehead atoms. The van der Waals surface area contributed by atoms with Crippen molar-refractivity contribution in [3.05, 3.63) is 107 Å². The lowest BCUT2D eigenvalue weighted by Gasteiger charge is -2.26. The Balaban J connectivity index is 1.87. The molecule has 3 aromatic rings. The molecule has 4 rings (SSSR count). The van der Waals surface area contributed by atoms with Crippen LogP contribution >= 0.6 is 0 Å². The fraction of sp³-hybridized carbons (Fsp3) is 0.207. The Morgan fingerprint density at radius 1 is 1.06 bits per heavy atom. The van der Waals surface area contributed by atoms with Crippen molar-refractivity contribution in [1.82, 2.24) is 9.88 Å². The van der Waals surface area contributed by atoms with Crippen LogP contribution in [0.1, 0.15) is 35.2 Å². The van der Waals surface area contributed by atoms with E-state index < -0.39 is 17.7 Å². The minimum Gasteiger partial charge on any atom is -0.507 e. The number of aromatic nitrogens is 1. The first-order chi connectivity index (χ1) is 17.4. The summed E-state index contributed by atoms with van der Waals surface area (Å²) < 4.78 is 11.5. The third kappa shape index (κ3) is 5.00. The predicted octanol–water partition coefficient (Wildman–Crippen LogP) is 4.98. The second kappa shape index (κ2) is 10.9. The maximum absolute atomic E-state index is 13.3. The van der Waals surface area contributed by atoms with Gasteiger partial charge in [0.05, 0.1) is 18.2 Å². The minimum absolute atomic E-state index is 0.0279. The molecule has 184 valence electrons. The smallest absolute Gasteiger partial charge is 0.295 e. The Bertz CT molecular complexity index is 1300. The van der Waals surface area contributed by atoms with E-state index in [1.807, 2.05) is 26.0 Å². The number of Topliss-reactive ketones (excluding diaryl/α,β-unsaturated/α-hetero) is 1. The fourth-order valence-corrected chi connectivity index (χ4v) is 4.17. The summed E-state index contributed by atoms with van der Waals surface area (Å²) in [6, 6.07) is 15.2. The van der Waals surface area contributed by atoms with Gasteiger partial charge in [-0.2, -0.15) is 0 Å². The molecule has 1 amide bonds. The van der Waals surface area contributed by atoms with Crippen LogP contribution in [0.15, 0.2) is 85.2 Å². The monoisotopic (exact) mass is 484 g/mol. The van der Waals surface area contributed by atoms with Crippen molar-refractivity contribution in [2.24, 2.45) is 0 Å². The highest BCUT2D eigenvalue weighted by molar-refractivity contribution is 6.46. The first-order valence-electron chi connectivity index (χ1n) is 11.7. The van der Waals surface area contributed by atoms with Gasteiger partial charge in [0.2, 0.25) is 0 Å². The number of carbonyl (C=O) groups is 2. The van der Waals surface area contributed by atoms with Crippen molar-refractivity contribution in [2.75, 3.05) is 13.2 Å². The Labute approximate surface area is 210 Å². The highest BCUT2D eigenvalue weighted by Gasteiger charge is 2.46. The maximum atomic E-state index is 13.3. The van der Waals surface area contributed by atoms with Crippen LogP contribution in [-0.4, -0.2) is 39.9 Å². The lowest BCUT2D eigenvalue weighted by molar-refractivity contribution is -0.140. The summed E-state index contributed by atoms with van der Waals surface area (Å²) in [6.07, 6.45) is 4.90. The summed E-state index contributed by atoms with van der Waals surface area (Å²) >= 11 is 0. The van der Waals surface area contributed by atoms with Gasteiger partial charge in [-0.3, -0.25) is 14.6 Å². The number of hydrogen-bond acceptors (Lipinski definition) is 6.